The molecule has 0 N–H and O–H groups in total. The third-order valence-electron chi connectivity index (χ3n) is 7.14. The predicted molar refractivity (Wildman–Crippen MR) is 127 cm³/mol. The number of piperazine rings is 1. The standard InChI is InChI=1S/C26H35N3O3/c1-19(21-7-8-23-18-24(32-3)10-9-22(23)17-21)25(30)29-15-13-27(14-16-29)20(2)26(31)28-11-5-4-6-12-28/h7-10,17-20H,4-6,11-16H2,1-3H3/t19-,20?/m0/s1. The molecular formula is C26H35N3O3. The summed E-state index contributed by atoms with van der Waals surface area (Å²) in [5.41, 5.74) is 1.03. The van der Waals surface area contributed by atoms with Crippen molar-refractivity contribution in [3.05, 3.63) is 42.0 Å². The first-order chi connectivity index (χ1) is 15.5. The van der Waals surface area contributed by atoms with Crippen molar-refractivity contribution in [2.75, 3.05) is 46.4 Å². The van der Waals surface area contributed by atoms with Gasteiger partial charge in [-0.15, -0.1) is 0 Å². The number of rotatable bonds is 5. The SMILES string of the molecule is COc1ccc2cc([C@H](C)C(=O)N3CCN(C(C)C(=O)N4CCCCC4)CC3)ccc2c1. The van der Waals surface area contributed by atoms with Gasteiger partial charge in [-0.3, -0.25) is 14.5 Å². The zero-order chi connectivity index (χ0) is 22.7. The maximum absolute atomic E-state index is 13.2. The number of benzene rings is 2. The first-order valence-corrected chi connectivity index (χ1v) is 11.9. The molecule has 2 aromatic carbocycles. The van der Waals surface area contributed by atoms with Crippen molar-refractivity contribution in [3.63, 3.8) is 0 Å². The van der Waals surface area contributed by atoms with E-state index in [2.05, 4.69) is 17.0 Å². The first-order valence-electron chi connectivity index (χ1n) is 11.9. The summed E-state index contributed by atoms with van der Waals surface area (Å²) in [6.07, 6.45) is 3.45. The van der Waals surface area contributed by atoms with Crippen LogP contribution in [0, 0.1) is 0 Å². The molecule has 2 saturated heterocycles. The van der Waals surface area contributed by atoms with E-state index in [0.717, 1.165) is 61.1 Å². The number of carbonyl (C=O) groups excluding carboxylic acids is 2. The van der Waals surface area contributed by atoms with Crippen LogP contribution in [0.15, 0.2) is 36.4 Å². The maximum atomic E-state index is 13.2. The molecule has 0 spiro atoms. The highest BCUT2D eigenvalue weighted by Gasteiger charge is 2.31. The number of hydrogen-bond donors (Lipinski definition) is 0. The summed E-state index contributed by atoms with van der Waals surface area (Å²) in [6.45, 7) is 8.61. The van der Waals surface area contributed by atoms with Crippen LogP contribution < -0.4 is 4.74 Å². The number of hydrogen-bond acceptors (Lipinski definition) is 4. The van der Waals surface area contributed by atoms with E-state index in [0.29, 0.717) is 13.1 Å². The molecule has 4 rings (SSSR count). The average Bonchev–Trinajstić information content (AvgIpc) is 2.86. The molecule has 0 radical (unpaired) electrons. The summed E-state index contributed by atoms with van der Waals surface area (Å²) in [7, 11) is 1.67. The fourth-order valence-electron chi connectivity index (χ4n) is 4.92. The molecule has 0 bridgehead atoms. The zero-order valence-corrected chi connectivity index (χ0v) is 19.5. The van der Waals surface area contributed by atoms with Crippen molar-refractivity contribution < 1.29 is 14.3 Å². The Hall–Kier alpha value is -2.60. The third kappa shape index (κ3) is 4.75. The molecule has 6 heteroatoms. The van der Waals surface area contributed by atoms with Gasteiger partial charge < -0.3 is 14.5 Å². The molecule has 2 amide bonds. The quantitative estimate of drug-likeness (QED) is 0.719. The van der Waals surface area contributed by atoms with E-state index in [1.807, 2.05) is 47.9 Å². The van der Waals surface area contributed by atoms with Gasteiger partial charge in [0.1, 0.15) is 5.75 Å². The Morgan fingerprint density at radius 2 is 1.41 bits per heavy atom. The highest BCUT2D eigenvalue weighted by Crippen LogP contribution is 2.26. The molecule has 2 fully saturated rings. The summed E-state index contributed by atoms with van der Waals surface area (Å²) >= 11 is 0. The first kappa shape index (κ1) is 22.6. The van der Waals surface area contributed by atoms with Crippen LogP contribution in [-0.2, 0) is 9.59 Å². The number of fused-ring (bicyclic) bond motifs is 1. The van der Waals surface area contributed by atoms with Gasteiger partial charge in [0.05, 0.1) is 19.1 Å². The van der Waals surface area contributed by atoms with Gasteiger partial charge in [0, 0.05) is 39.3 Å². The van der Waals surface area contributed by atoms with Gasteiger partial charge in [-0.2, -0.15) is 0 Å². The van der Waals surface area contributed by atoms with Crippen LogP contribution in [0.5, 0.6) is 5.75 Å². The minimum Gasteiger partial charge on any atom is -0.497 e. The molecule has 0 aromatic heterocycles. The van der Waals surface area contributed by atoms with Crippen molar-refractivity contribution in [2.45, 2.75) is 45.1 Å². The smallest absolute Gasteiger partial charge is 0.239 e. The molecule has 1 unspecified atom stereocenters. The molecular weight excluding hydrogens is 402 g/mol. The normalized spacial score (nSPS) is 19.6. The van der Waals surface area contributed by atoms with Crippen molar-refractivity contribution in [2.24, 2.45) is 0 Å². The molecule has 2 atom stereocenters. The largest absolute Gasteiger partial charge is 0.497 e. The van der Waals surface area contributed by atoms with Crippen LogP contribution in [-0.4, -0.2) is 78.9 Å². The summed E-state index contributed by atoms with van der Waals surface area (Å²) in [4.78, 5) is 32.3. The van der Waals surface area contributed by atoms with Crippen LogP contribution >= 0.6 is 0 Å². The van der Waals surface area contributed by atoms with E-state index in [9.17, 15) is 9.59 Å². The Morgan fingerprint density at radius 1 is 0.781 bits per heavy atom. The van der Waals surface area contributed by atoms with Gasteiger partial charge in [-0.25, -0.2) is 0 Å². The Kier molecular flexibility index (Phi) is 6.99. The second-order valence-electron chi connectivity index (χ2n) is 9.12. The Morgan fingerprint density at radius 3 is 2.09 bits per heavy atom. The Bertz CT molecular complexity index is 962. The Balaban J connectivity index is 1.35. The van der Waals surface area contributed by atoms with Gasteiger partial charge in [-0.05, 0) is 61.6 Å². The molecule has 2 aliphatic heterocycles. The summed E-state index contributed by atoms with van der Waals surface area (Å²) in [5.74, 6) is 1.04. The summed E-state index contributed by atoms with van der Waals surface area (Å²) < 4.78 is 5.30. The van der Waals surface area contributed by atoms with E-state index in [1.165, 1.54) is 6.42 Å². The Labute approximate surface area is 191 Å². The van der Waals surface area contributed by atoms with Crippen LogP contribution in [0.3, 0.4) is 0 Å². The number of amides is 2. The molecule has 32 heavy (non-hydrogen) atoms. The molecule has 6 nitrogen and oxygen atoms in total. The molecule has 2 aromatic rings. The maximum Gasteiger partial charge on any atom is 0.239 e. The third-order valence-corrected chi connectivity index (χ3v) is 7.14. The summed E-state index contributed by atoms with van der Waals surface area (Å²) in [5, 5.41) is 2.21. The predicted octanol–water partition coefficient (Wildman–Crippen LogP) is 3.50. The lowest BCUT2D eigenvalue weighted by Crippen LogP contribution is -2.56. The van der Waals surface area contributed by atoms with Crippen LogP contribution in [0.1, 0.15) is 44.6 Å². The van der Waals surface area contributed by atoms with Crippen LogP contribution in [0.2, 0.25) is 0 Å². The van der Waals surface area contributed by atoms with Gasteiger partial charge >= 0.3 is 0 Å². The minimum atomic E-state index is -0.194. The molecule has 2 heterocycles. The lowest BCUT2D eigenvalue weighted by atomic mass is 9.96. The van der Waals surface area contributed by atoms with Gasteiger partial charge in [0.25, 0.3) is 0 Å². The van der Waals surface area contributed by atoms with E-state index < -0.39 is 0 Å². The van der Waals surface area contributed by atoms with Gasteiger partial charge in [0.15, 0.2) is 0 Å². The fraction of sp³-hybridized carbons (Fsp3) is 0.538. The number of piperidine rings is 1. The number of nitrogens with zero attached hydrogens (tertiary/aromatic N) is 3. The number of carbonyl (C=O) groups is 2. The zero-order valence-electron chi connectivity index (χ0n) is 19.5. The minimum absolute atomic E-state index is 0.111. The van der Waals surface area contributed by atoms with Crippen LogP contribution in [0.4, 0.5) is 0 Å². The van der Waals surface area contributed by atoms with E-state index >= 15 is 0 Å². The number of methoxy groups -OCH3 is 1. The van der Waals surface area contributed by atoms with E-state index in [-0.39, 0.29) is 23.8 Å². The number of likely N-dealkylation sites (tertiary alicyclic amines) is 1. The van der Waals surface area contributed by atoms with Gasteiger partial charge in [-0.1, -0.05) is 24.3 Å². The topological polar surface area (TPSA) is 53.1 Å². The second-order valence-corrected chi connectivity index (χ2v) is 9.12. The lowest BCUT2D eigenvalue weighted by molar-refractivity contribution is -0.139. The van der Waals surface area contributed by atoms with Crippen LogP contribution in [0.25, 0.3) is 10.8 Å². The average molecular weight is 438 g/mol. The number of ether oxygens (including phenoxy) is 1. The van der Waals surface area contributed by atoms with Crippen molar-refractivity contribution in [3.8, 4) is 5.75 Å². The van der Waals surface area contributed by atoms with E-state index in [1.54, 1.807) is 7.11 Å². The lowest BCUT2D eigenvalue weighted by Gasteiger charge is -2.40. The molecule has 0 aliphatic carbocycles. The van der Waals surface area contributed by atoms with Crippen molar-refractivity contribution >= 4 is 22.6 Å². The molecule has 172 valence electrons. The highest BCUT2D eigenvalue weighted by molar-refractivity contribution is 5.88. The van der Waals surface area contributed by atoms with Crippen molar-refractivity contribution in [1.82, 2.24) is 14.7 Å². The molecule has 2 aliphatic rings. The van der Waals surface area contributed by atoms with E-state index in [4.69, 9.17) is 4.74 Å². The monoisotopic (exact) mass is 437 g/mol. The highest BCUT2D eigenvalue weighted by atomic mass is 16.5. The fourth-order valence-corrected chi connectivity index (χ4v) is 4.92. The van der Waals surface area contributed by atoms with Crippen molar-refractivity contribution in [1.29, 1.82) is 0 Å². The second kappa shape index (κ2) is 9.90. The molecule has 0 saturated carbocycles. The summed E-state index contributed by atoms with van der Waals surface area (Å²) in [6, 6.07) is 12.1. The van der Waals surface area contributed by atoms with Gasteiger partial charge in [0.2, 0.25) is 11.8 Å².